The summed E-state index contributed by atoms with van der Waals surface area (Å²) in [4.78, 5) is 0. The van der Waals surface area contributed by atoms with Gasteiger partial charge in [-0.1, -0.05) is 0 Å². The lowest BCUT2D eigenvalue weighted by atomic mass is 10.0. The Morgan fingerprint density at radius 2 is 1.68 bits per heavy atom. The van der Waals surface area contributed by atoms with Gasteiger partial charge in [0, 0.05) is 0 Å². The van der Waals surface area contributed by atoms with Gasteiger partial charge in [-0.05, 0) is 46.6 Å². The average Bonchev–Trinajstić information content (AvgIpc) is 2.95. The van der Waals surface area contributed by atoms with Crippen LogP contribution in [0.25, 0.3) is 0 Å². The van der Waals surface area contributed by atoms with Gasteiger partial charge in [0.2, 0.25) is 0 Å². The molecular weight excluding hydrogens is 324 g/mol. The highest BCUT2D eigenvalue weighted by atomic mass is 32.2. The van der Waals surface area contributed by atoms with Crippen LogP contribution in [0.3, 0.4) is 0 Å². The van der Waals surface area contributed by atoms with Gasteiger partial charge in [-0.25, -0.2) is 0 Å². The molecule has 2 aliphatic heterocycles. The molecule has 0 aromatic rings. The third-order valence-corrected chi connectivity index (χ3v) is 6.49. The minimum atomic E-state index is -0.722. The van der Waals surface area contributed by atoms with Gasteiger partial charge >= 0.3 is 0 Å². The minimum Gasteiger partial charge on any atom is -0.390 e. The standard InChI is InChI=1S/C15H28O5S2/c1-14(2)17-8-10(18-14)13-12(19-15(3,4)20-13)9(16)7-11(21-5)22-6/h9-13,16H,7-8H2,1-6H3/t9-,10-,12-,13-/m1/s1. The molecule has 0 bridgehead atoms. The fraction of sp³-hybridized carbons (Fsp3) is 1.00. The van der Waals surface area contributed by atoms with Gasteiger partial charge in [0.25, 0.3) is 0 Å². The van der Waals surface area contributed by atoms with Crippen molar-refractivity contribution >= 4 is 23.5 Å². The van der Waals surface area contributed by atoms with Crippen molar-refractivity contribution in [1.29, 1.82) is 0 Å². The van der Waals surface area contributed by atoms with Crippen LogP contribution in [-0.4, -0.2) is 64.8 Å². The maximum Gasteiger partial charge on any atom is 0.164 e. The first-order chi connectivity index (χ1) is 10.2. The summed E-state index contributed by atoms with van der Waals surface area (Å²) in [6.07, 6.45) is 3.22. The normalized spacial score (nSPS) is 35.2. The number of ether oxygens (including phenoxy) is 4. The van der Waals surface area contributed by atoms with E-state index in [1.54, 1.807) is 23.5 Å². The van der Waals surface area contributed by atoms with Crippen molar-refractivity contribution in [3.8, 4) is 0 Å². The quantitative estimate of drug-likeness (QED) is 0.737. The van der Waals surface area contributed by atoms with E-state index in [1.165, 1.54) is 0 Å². The largest absolute Gasteiger partial charge is 0.390 e. The Hall–Kier alpha value is 0.500. The van der Waals surface area contributed by atoms with E-state index in [2.05, 4.69) is 12.5 Å². The SMILES string of the molecule is CSC(C[C@@H](O)[C@H]1OC(C)(C)O[C@@H]1[C@H]1COC(C)(C)O1)SC. The number of aliphatic hydroxyl groups excluding tert-OH is 1. The monoisotopic (exact) mass is 352 g/mol. The Morgan fingerprint density at radius 3 is 2.18 bits per heavy atom. The predicted molar refractivity (Wildman–Crippen MR) is 90.2 cm³/mol. The van der Waals surface area contributed by atoms with E-state index in [-0.39, 0.29) is 12.2 Å². The zero-order chi connectivity index (χ0) is 16.5. The van der Waals surface area contributed by atoms with E-state index >= 15 is 0 Å². The molecule has 0 saturated carbocycles. The number of thioether (sulfide) groups is 2. The summed E-state index contributed by atoms with van der Waals surface area (Å²) in [5, 5.41) is 10.6. The number of hydrogen-bond acceptors (Lipinski definition) is 7. The fourth-order valence-corrected chi connectivity index (χ4v) is 4.45. The second kappa shape index (κ2) is 7.17. The fourth-order valence-electron chi connectivity index (χ4n) is 2.90. The van der Waals surface area contributed by atoms with Crippen molar-refractivity contribution < 1.29 is 24.1 Å². The van der Waals surface area contributed by atoms with Crippen molar-refractivity contribution in [3.05, 3.63) is 0 Å². The summed E-state index contributed by atoms with van der Waals surface area (Å²) in [7, 11) is 0. The summed E-state index contributed by atoms with van der Waals surface area (Å²) in [5.41, 5.74) is 0. The van der Waals surface area contributed by atoms with E-state index in [4.69, 9.17) is 18.9 Å². The van der Waals surface area contributed by atoms with Crippen LogP contribution < -0.4 is 0 Å². The minimum absolute atomic E-state index is 0.224. The maximum atomic E-state index is 10.6. The van der Waals surface area contributed by atoms with Crippen molar-refractivity contribution in [2.24, 2.45) is 0 Å². The van der Waals surface area contributed by atoms with Crippen molar-refractivity contribution in [2.45, 2.75) is 74.7 Å². The van der Waals surface area contributed by atoms with Crippen LogP contribution in [0.1, 0.15) is 34.1 Å². The summed E-state index contributed by atoms with van der Waals surface area (Å²) >= 11 is 3.48. The molecule has 0 radical (unpaired) electrons. The first kappa shape index (κ1) is 18.8. The van der Waals surface area contributed by atoms with Crippen LogP contribution in [0.2, 0.25) is 0 Å². The molecular formula is C15H28O5S2. The van der Waals surface area contributed by atoms with Crippen LogP contribution in [-0.2, 0) is 18.9 Å². The Balaban J connectivity index is 2.06. The summed E-state index contributed by atoms with van der Waals surface area (Å²) in [6.45, 7) is 7.96. The van der Waals surface area contributed by atoms with E-state index in [0.29, 0.717) is 17.6 Å². The number of hydrogen-bond donors (Lipinski definition) is 1. The number of rotatable bonds is 6. The second-order valence-corrected chi connectivity index (χ2v) is 9.02. The van der Waals surface area contributed by atoms with Crippen molar-refractivity contribution in [2.75, 3.05) is 19.1 Å². The van der Waals surface area contributed by atoms with Gasteiger partial charge in [0.05, 0.1) is 17.3 Å². The molecule has 130 valence electrons. The molecule has 5 nitrogen and oxygen atoms in total. The highest BCUT2D eigenvalue weighted by Crippen LogP contribution is 2.38. The Kier molecular flexibility index (Phi) is 6.14. The van der Waals surface area contributed by atoms with Gasteiger partial charge in [0.15, 0.2) is 11.6 Å². The third kappa shape index (κ3) is 4.53. The second-order valence-electron chi connectivity index (χ2n) is 6.64. The predicted octanol–water partition coefficient (Wildman–Crippen LogP) is 2.46. The molecule has 2 rings (SSSR count). The molecule has 4 atom stereocenters. The zero-order valence-electron chi connectivity index (χ0n) is 14.2. The van der Waals surface area contributed by atoms with Gasteiger partial charge in [0.1, 0.15) is 18.3 Å². The van der Waals surface area contributed by atoms with E-state index in [0.717, 1.165) is 0 Å². The van der Waals surface area contributed by atoms with E-state index in [1.807, 2.05) is 27.7 Å². The lowest BCUT2D eigenvalue weighted by Crippen LogP contribution is -2.44. The molecule has 2 heterocycles. The Labute approximate surface area is 141 Å². The van der Waals surface area contributed by atoms with Crippen LogP contribution in [0.5, 0.6) is 0 Å². The third-order valence-electron chi connectivity index (χ3n) is 3.90. The van der Waals surface area contributed by atoms with Gasteiger partial charge in [-0.2, -0.15) is 23.5 Å². The molecule has 2 saturated heterocycles. The maximum absolute atomic E-state index is 10.6. The number of aliphatic hydroxyl groups is 1. The summed E-state index contributed by atoms with van der Waals surface area (Å²) in [6, 6.07) is 0. The van der Waals surface area contributed by atoms with Crippen LogP contribution in [0, 0.1) is 0 Å². The molecule has 0 aromatic heterocycles. The molecule has 0 amide bonds. The Bertz CT molecular complexity index is 373. The molecule has 0 unspecified atom stereocenters. The summed E-state index contributed by atoms with van der Waals surface area (Å²) in [5.74, 6) is -1.34. The molecule has 7 heteroatoms. The average molecular weight is 353 g/mol. The topological polar surface area (TPSA) is 57.2 Å². The van der Waals surface area contributed by atoms with E-state index < -0.39 is 23.8 Å². The lowest BCUT2D eigenvalue weighted by molar-refractivity contribution is -0.175. The Morgan fingerprint density at radius 1 is 1.05 bits per heavy atom. The highest BCUT2D eigenvalue weighted by molar-refractivity contribution is 8.16. The first-order valence-corrected chi connectivity index (χ1v) is 10.2. The molecule has 22 heavy (non-hydrogen) atoms. The molecule has 2 fully saturated rings. The molecule has 1 N–H and O–H groups in total. The summed E-state index contributed by atoms with van der Waals surface area (Å²) < 4.78 is 23.9. The zero-order valence-corrected chi connectivity index (χ0v) is 15.8. The van der Waals surface area contributed by atoms with Crippen LogP contribution in [0.4, 0.5) is 0 Å². The van der Waals surface area contributed by atoms with Gasteiger partial charge < -0.3 is 24.1 Å². The van der Waals surface area contributed by atoms with E-state index in [9.17, 15) is 5.11 Å². The van der Waals surface area contributed by atoms with Crippen molar-refractivity contribution in [3.63, 3.8) is 0 Å². The van der Waals surface area contributed by atoms with Gasteiger partial charge in [-0.3, -0.25) is 0 Å². The van der Waals surface area contributed by atoms with Gasteiger partial charge in [-0.15, -0.1) is 0 Å². The molecule has 2 aliphatic rings. The molecule has 0 aromatic carbocycles. The van der Waals surface area contributed by atoms with Crippen LogP contribution in [0.15, 0.2) is 0 Å². The first-order valence-electron chi connectivity index (χ1n) is 7.58. The highest BCUT2D eigenvalue weighted by Gasteiger charge is 2.52. The molecule has 0 aliphatic carbocycles. The van der Waals surface area contributed by atoms with Crippen LogP contribution >= 0.6 is 23.5 Å². The molecule has 0 spiro atoms. The lowest BCUT2D eigenvalue weighted by Gasteiger charge is -2.27. The van der Waals surface area contributed by atoms with Crippen molar-refractivity contribution in [1.82, 2.24) is 0 Å². The smallest absolute Gasteiger partial charge is 0.164 e.